The van der Waals surface area contributed by atoms with Crippen LogP contribution in [0.5, 0.6) is 17.2 Å². The Kier molecular flexibility index (Phi) is 6.01. The Morgan fingerprint density at radius 1 is 1.09 bits per heavy atom. The van der Waals surface area contributed by atoms with Gasteiger partial charge in [-0.2, -0.15) is 5.10 Å². The molecule has 0 amide bonds. The average Bonchev–Trinajstić information content (AvgIpc) is 3.52. The summed E-state index contributed by atoms with van der Waals surface area (Å²) in [5, 5.41) is 6.68. The molecule has 4 aromatic rings. The van der Waals surface area contributed by atoms with Gasteiger partial charge in [-0.15, -0.1) is 24.5 Å². The lowest BCUT2D eigenvalue weighted by Crippen LogP contribution is -2.18. The van der Waals surface area contributed by atoms with Gasteiger partial charge < -0.3 is 14.2 Å². The molecule has 0 radical (unpaired) electrons. The standard InChI is InChI=1S/C21H15F3N4O4S/c1-30-16-8-13(9-17(31-2)19(16)32-21(22,23)24)18(29)14-4-3-12(20-26-5-6-33-20)7-15(14)28-11-25-10-27-28/h3-11H,1-2H3. The molecule has 2 aromatic carbocycles. The summed E-state index contributed by atoms with van der Waals surface area (Å²) in [6.45, 7) is 0. The van der Waals surface area contributed by atoms with Crippen LogP contribution in [-0.4, -0.2) is 46.1 Å². The molecule has 2 aromatic heterocycles. The third-order valence-electron chi connectivity index (χ3n) is 4.53. The van der Waals surface area contributed by atoms with Crippen molar-refractivity contribution in [3.8, 4) is 33.5 Å². The summed E-state index contributed by atoms with van der Waals surface area (Å²) in [7, 11) is 2.33. The Hall–Kier alpha value is -3.93. The van der Waals surface area contributed by atoms with E-state index in [-0.39, 0.29) is 22.6 Å². The Morgan fingerprint density at radius 3 is 2.36 bits per heavy atom. The lowest BCUT2D eigenvalue weighted by Gasteiger charge is -2.17. The number of hydrogen-bond donors (Lipinski definition) is 0. The number of ketones is 1. The first-order valence-corrected chi connectivity index (χ1v) is 10.1. The molecule has 0 aliphatic rings. The van der Waals surface area contributed by atoms with Crippen LogP contribution in [0.2, 0.25) is 0 Å². The van der Waals surface area contributed by atoms with Crippen LogP contribution in [0.3, 0.4) is 0 Å². The van der Waals surface area contributed by atoms with Crippen LogP contribution < -0.4 is 14.2 Å². The summed E-state index contributed by atoms with van der Waals surface area (Å²) in [4.78, 5) is 21.6. The molecule has 170 valence electrons. The van der Waals surface area contributed by atoms with Gasteiger partial charge in [0.25, 0.3) is 0 Å². The van der Waals surface area contributed by atoms with Crippen molar-refractivity contribution in [1.82, 2.24) is 19.7 Å². The summed E-state index contributed by atoms with van der Waals surface area (Å²) in [5.74, 6) is -1.80. The van der Waals surface area contributed by atoms with Crippen LogP contribution >= 0.6 is 11.3 Å². The molecule has 2 heterocycles. The van der Waals surface area contributed by atoms with E-state index < -0.39 is 17.9 Å². The molecule has 0 spiro atoms. The third-order valence-corrected chi connectivity index (χ3v) is 5.35. The number of hydrogen-bond acceptors (Lipinski definition) is 8. The maximum atomic E-state index is 13.4. The van der Waals surface area contributed by atoms with Gasteiger partial charge >= 0.3 is 6.36 Å². The summed E-state index contributed by atoms with van der Waals surface area (Å²) < 4.78 is 54.1. The van der Waals surface area contributed by atoms with Crippen LogP contribution in [0.1, 0.15) is 15.9 Å². The van der Waals surface area contributed by atoms with Crippen LogP contribution in [-0.2, 0) is 0 Å². The van der Waals surface area contributed by atoms with Crippen LogP contribution in [0, 0.1) is 0 Å². The highest BCUT2D eigenvalue weighted by molar-refractivity contribution is 7.13. The normalized spacial score (nSPS) is 11.3. The Balaban J connectivity index is 1.82. The van der Waals surface area contributed by atoms with Crippen molar-refractivity contribution < 1.29 is 32.2 Å². The number of alkyl halides is 3. The molecule has 0 fully saturated rings. The van der Waals surface area contributed by atoms with E-state index in [1.807, 2.05) is 5.38 Å². The largest absolute Gasteiger partial charge is 0.573 e. The summed E-state index contributed by atoms with van der Waals surface area (Å²) in [5.41, 5.74) is 1.44. The first kappa shape index (κ1) is 22.3. The number of aromatic nitrogens is 4. The van der Waals surface area contributed by atoms with E-state index in [1.165, 1.54) is 28.7 Å². The predicted molar refractivity (Wildman–Crippen MR) is 112 cm³/mol. The first-order chi connectivity index (χ1) is 15.8. The Morgan fingerprint density at radius 2 is 1.82 bits per heavy atom. The van der Waals surface area contributed by atoms with E-state index in [0.29, 0.717) is 5.69 Å². The van der Waals surface area contributed by atoms with E-state index in [9.17, 15) is 18.0 Å². The lowest BCUT2D eigenvalue weighted by molar-refractivity contribution is -0.275. The molecule has 0 saturated heterocycles. The van der Waals surface area contributed by atoms with Crippen molar-refractivity contribution in [3.63, 3.8) is 0 Å². The highest BCUT2D eigenvalue weighted by Crippen LogP contribution is 2.42. The second-order valence-corrected chi connectivity index (χ2v) is 7.39. The van der Waals surface area contributed by atoms with Gasteiger partial charge in [0.05, 0.1) is 19.9 Å². The van der Waals surface area contributed by atoms with Crippen molar-refractivity contribution in [3.05, 3.63) is 65.7 Å². The minimum atomic E-state index is -4.97. The molecule has 0 aliphatic carbocycles. The quantitative estimate of drug-likeness (QED) is 0.362. The number of rotatable bonds is 7. The number of benzene rings is 2. The summed E-state index contributed by atoms with van der Waals surface area (Å²) >= 11 is 1.43. The zero-order valence-electron chi connectivity index (χ0n) is 17.2. The van der Waals surface area contributed by atoms with Gasteiger partial charge in [0.15, 0.2) is 17.3 Å². The summed E-state index contributed by atoms with van der Waals surface area (Å²) in [6.07, 6.45) is -0.561. The highest BCUT2D eigenvalue weighted by Gasteiger charge is 2.35. The fourth-order valence-electron chi connectivity index (χ4n) is 3.13. The molecule has 0 unspecified atom stereocenters. The van der Waals surface area contributed by atoms with Crippen molar-refractivity contribution >= 4 is 17.1 Å². The molecule has 4 rings (SSSR count). The number of carbonyl (C=O) groups is 1. The van der Waals surface area contributed by atoms with E-state index in [2.05, 4.69) is 19.8 Å². The Labute approximate surface area is 189 Å². The fraction of sp³-hybridized carbons (Fsp3) is 0.143. The monoisotopic (exact) mass is 476 g/mol. The number of nitrogens with zero attached hydrogens (tertiary/aromatic N) is 4. The molecule has 0 saturated carbocycles. The number of halogens is 3. The predicted octanol–water partition coefficient (Wildman–Crippen LogP) is 4.54. The van der Waals surface area contributed by atoms with Crippen molar-refractivity contribution in [2.45, 2.75) is 6.36 Å². The smallest absolute Gasteiger partial charge is 0.493 e. The second-order valence-electron chi connectivity index (χ2n) is 6.50. The first-order valence-electron chi connectivity index (χ1n) is 9.26. The van der Waals surface area contributed by atoms with Crippen LogP contribution in [0.15, 0.2) is 54.6 Å². The van der Waals surface area contributed by atoms with E-state index in [1.54, 1.807) is 24.4 Å². The number of carbonyl (C=O) groups excluding carboxylic acids is 1. The van der Waals surface area contributed by atoms with Gasteiger partial charge in [0.2, 0.25) is 5.75 Å². The Bertz CT molecular complexity index is 1250. The average molecular weight is 476 g/mol. The van der Waals surface area contributed by atoms with Crippen molar-refractivity contribution in [2.75, 3.05) is 14.2 Å². The molecule has 33 heavy (non-hydrogen) atoms. The van der Waals surface area contributed by atoms with Gasteiger partial charge in [0, 0.05) is 28.3 Å². The van der Waals surface area contributed by atoms with Crippen molar-refractivity contribution in [1.29, 1.82) is 0 Å². The topological polar surface area (TPSA) is 88.4 Å². The van der Waals surface area contributed by atoms with Gasteiger partial charge in [-0.05, 0) is 24.3 Å². The highest BCUT2D eigenvalue weighted by atomic mass is 32.1. The van der Waals surface area contributed by atoms with Gasteiger partial charge in [0.1, 0.15) is 17.7 Å². The molecule has 0 N–H and O–H groups in total. The fourth-order valence-corrected chi connectivity index (χ4v) is 3.76. The molecular weight excluding hydrogens is 461 g/mol. The zero-order chi connectivity index (χ0) is 23.6. The van der Waals surface area contributed by atoms with Gasteiger partial charge in [-0.25, -0.2) is 14.6 Å². The maximum Gasteiger partial charge on any atom is 0.573 e. The van der Waals surface area contributed by atoms with Crippen LogP contribution in [0.4, 0.5) is 13.2 Å². The van der Waals surface area contributed by atoms with Gasteiger partial charge in [-0.1, -0.05) is 6.07 Å². The molecule has 0 aliphatic heterocycles. The van der Waals surface area contributed by atoms with E-state index in [0.717, 1.165) is 36.9 Å². The van der Waals surface area contributed by atoms with E-state index in [4.69, 9.17) is 9.47 Å². The molecule has 0 atom stereocenters. The SMILES string of the molecule is COc1cc(C(=O)c2ccc(-c3nccs3)cc2-n2cncn2)cc(OC)c1OC(F)(F)F. The minimum Gasteiger partial charge on any atom is -0.493 e. The lowest BCUT2D eigenvalue weighted by atomic mass is 9.99. The molecule has 12 heteroatoms. The molecule has 0 bridgehead atoms. The summed E-state index contributed by atoms with van der Waals surface area (Å²) in [6, 6.07) is 7.37. The number of thiazole rings is 1. The molecule has 8 nitrogen and oxygen atoms in total. The zero-order valence-corrected chi connectivity index (χ0v) is 18.0. The maximum absolute atomic E-state index is 13.4. The van der Waals surface area contributed by atoms with Gasteiger partial charge in [-0.3, -0.25) is 4.79 Å². The van der Waals surface area contributed by atoms with Crippen molar-refractivity contribution in [2.24, 2.45) is 0 Å². The third kappa shape index (κ3) is 4.65. The number of methoxy groups -OCH3 is 2. The minimum absolute atomic E-state index is 0.0292. The van der Waals surface area contributed by atoms with E-state index >= 15 is 0 Å². The van der Waals surface area contributed by atoms with Crippen LogP contribution in [0.25, 0.3) is 16.3 Å². The number of ether oxygens (including phenoxy) is 3. The molecular formula is C21H15F3N4O4S. The second kappa shape index (κ2) is 8.90.